The number of nitrogens with one attached hydrogen (secondary N) is 1. The van der Waals surface area contributed by atoms with Crippen LogP contribution >= 0.6 is 0 Å². The Morgan fingerprint density at radius 1 is 1.10 bits per heavy atom. The number of ether oxygens (including phenoxy) is 3. The van der Waals surface area contributed by atoms with Crippen LogP contribution in [0.5, 0.6) is 17.2 Å². The lowest BCUT2D eigenvalue weighted by atomic mass is 9.95. The summed E-state index contributed by atoms with van der Waals surface area (Å²) < 4.78 is 56.2. The van der Waals surface area contributed by atoms with E-state index in [0.29, 0.717) is 16.7 Å². The van der Waals surface area contributed by atoms with E-state index in [4.69, 9.17) is 14.2 Å². The zero-order valence-corrected chi connectivity index (χ0v) is 16.7. The number of para-hydroxylation sites is 2. The molecule has 6 nitrogen and oxygen atoms in total. The maximum absolute atomic E-state index is 13.7. The molecule has 0 radical (unpaired) electrons. The van der Waals surface area contributed by atoms with Gasteiger partial charge in [-0.25, -0.2) is 10.1 Å². The summed E-state index contributed by atoms with van der Waals surface area (Å²) in [6.45, 7) is 6.65. The number of halogens is 3. The Kier molecular flexibility index (Phi) is 5.40. The van der Waals surface area contributed by atoms with Gasteiger partial charge in [0, 0.05) is 5.56 Å². The normalized spacial score (nSPS) is 14.5. The average Bonchev–Trinajstić information content (AvgIpc) is 3.00. The summed E-state index contributed by atoms with van der Waals surface area (Å²) in [6.07, 6.45) is -6.52. The number of ketones is 1. The van der Waals surface area contributed by atoms with E-state index < -0.39 is 18.2 Å². The van der Waals surface area contributed by atoms with E-state index in [1.54, 1.807) is 32.2 Å². The van der Waals surface area contributed by atoms with E-state index >= 15 is 0 Å². The molecule has 0 aromatic heterocycles. The van der Waals surface area contributed by atoms with Crippen LogP contribution < -0.4 is 19.5 Å². The molecule has 160 valence electrons. The van der Waals surface area contributed by atoms with Crippen LogP contribution in [0.3, 0.4) is 0 Å². The van der Waals surface area contributed by atoms with Gasteiger partial charge in [0.15, 0.2) is 17.3 Å². The number of rotatable bonds is 4. The minimum Gasteiger partial charge on any atom is -0.424 e. The third-order valence-corrected chi connectivity index (χ3v) is 4.56. The van der Waals surface area contributed by atoms with Gasteiger partial charge >= 0.3 is 18.2 Å². The molecule has 2 aromatic rings. The molecule has 1 aliphatic rings. The Morgan fingerprint density at radius 2 is 1.67 bits per heavy atom. The average molecular weight is 423 g/mol. The van der Waals surface area contributed by atoms with Crippen LogP contribution in [0.1, 0.15) is 48.2 Å². The summed E-state index contributed by atoms with van der Waals surface area (Å²) >= 11 is 0. The molecule has 9 heteroatoms. The highest BCUT2D eigenvalue weighted by Crippen LogP contribution is 2.45. The Balaban J connectivity index is 1.89. The fourth-order valence-electron chi connectivity index (χ4n) is 3.06. The van der Waals surface area contributed by atoms with Gasteiger partial charge in [0.2, 0.25) is 0 Å². The first-order valence-electron chi connectivity index (χ1n) is 9.13. The van der Waals surface area contributed by atoms with Crippen molar-refractivity contribution in [2.75, 3.05) is 0 Å². The number of Topliss-reactive ketones (excluding diaryl/α,β-unsaturated/α-hetero) is 1. The summed E-state index contributed by atoms with van der Waals surface area (Å²) in [5.41, 5.74) is 1.47. The summed E-state index contributed by atoms with van der Waals surface area (Å²) in [6, 6.07) is 8.54. The zero-order chi connectivity index (χ0) is 22.3. The quantitative estimate of drug-likeness (QED) is 0.693. The molecule has 0 fully saturated rings. The van der Waals surface area contributed by atoms with Crippen molar-refractivity contribution < 1.29 is 37.0 Å². The molecular weight excluding hydrogens is 403 g/mol. The predicted octanol–water partition coefficient (Wildman–Crippen LogP) is 5.10. The van der Waals surface area contributed by atoms with E-state index in [1.165, 1.54) is 37.3 Å². The number of fused-ring (bicyclic) bond motifs is 1. The summed E-state index contributed by atoms with van der Waals surface area (Å²) in [7, 11) is 0. The third-order valence-electron chi connectivity index (χ3n) is 4.56. The number of aryl methyl sites for hydroxylation is 1. The second-order valence-electron chi connectivity index (χ2n) is 7.20. The molecule has 1 amide bonds. The number of alkyl halides is 3. The first kappa shape index (κ1) is 21.5. The van der Waals surface area contributed by atoms with Crippen molar-refractivity contribution in [3.63, 3.8) is 0 Å². The highest BCUT2D eigenvalue weighted by Gasteiger charge is 2.66. The molecule has 0 atom stereocenters. The Morgan fingerprint density at radius 3 is 2.13 bits per heavy atom. The molecule has 1 aliphatic heterocycles. The first-order chi connectivity index (χ1) is 13.9. The summed E-state index contributed by atoms with van der Waals surface area (Å²) in [4.78, 5) is 24.2. The van der Waals surface area contributed by atoms with Crippen LogP contribution in [0.25, 0.3) is 0 Å². The second-order valence-corrected chi connectivity index (χ2v) is 7.20. The number of hydrogen-bond acceptors (Lipinski definition) is 5. The molecule has 2 aromatic carbocycles. The van der Waals surface area contributed by atoms with E-state index in [0.717, 1.165) is 0 Å². The van der Waals surface area contributed by atoms with Crippen LogP contribution in [0.2, 0.25) is 0 Å². The first-order valence-corrected chi connectivity index (χ1v) is 9.13. The van der Waals surface area contributed by atoms with Gasteiger partial charge in [0.05, 0.1) is 0 Å². The Labute approximate surface area is 170 Å². The van der Waals surface area contributed by atoms with Gasteiger partial charge in [0.25, 0.3) is 0 Å². The fourth-order valence-corrected chi connectivity index (χ4v) is 3.06. The van der Waals surface area contributed by atoms with Gasteiger partial charge in [-0.2, -0.15) is 13.2 Å². The molecule has 0 spiro atoms. The van der Waals surface area contributed by atoms with E-state index in [9.17, 15) is 22.8 Å². The van der Waals surface area contributed by atoms with Crippen molar-refractivity contribution in [3.05, 3.63) is 53.1 Å². The third kappa shape index (κ3) is 3.92. The molecule has 0 saturated carbocycles. The SMILES string of the molecule is CC(=O)c1cc(C(C)C)c(OC(=O)NC2(C(F)(F)F)Oc3ccccc3O2)cc1C. The minimum atomic E-state index is -5.10. The van der Waals surface area contributed by atoms with Crippen LogP contribution in [0, 0.1) is 6.92 Å². The number of amides is 1. The van der Waals surface area contributed by atoms with Gasteiger partial charge in [-0.3, -0.25) is 4.79 Å². The lowest BCUT2D eigenvalue weighted by Gasteiger charge is -2.29. The number of carbonyl (C=O) groups is 2. The smallest absolute Gasteiger partial charge is 0.424 e. The predicted molar refractivity (Wildman–Crippen MR) is 101 cm³/mol. The van der Waals surface area contributed by atoms with Gasteiger partial charge in [0.1, 0.15) is 5.75 Å². The van der Waals surface area contributed by atoms with Crippen LogP contribution in [0.15, 0.2) is 36.4 Å². The van der Waals surface area contributed by atoms with Crippen molar-refractivity contribution in [2.24, 2.45) is 0 Å². The lowest BCUT2D eigenvalue weighted by molar-refractivity contribution is -0.318. The van der Waals surface area contributed by atoms with Crippen LogP contribution in [-0.4, -0.2) is 24.0 Å². The fraction of sp³-hybridized carbons (Fsp3) is 0.333. The van der Waals surface area contributed by atoms with Crippen molar-refractivity contribution in [3.8, 4) is 17.2 Å². The molecule has 0 saturated heterocycles. The zero-order valence-electron chi connectivity index (χ0n) is 16.7. The van der Waals surface area contributed by atoms with Crippen LogP contribution in [0.4, 0.5) is 18.0 Å². The van der Waals surface area contributed by atoms with Crippen molar-refractivity contribution in [1.29, 1.82) is 0 Å². The summed E-state index contributed by atoms with van der Waals surface area (Å²) in [5.74, 6) is -4.05. The van der Waals surface area contributed by atoms with E-state index in [-0.39, 0.29) is 28.9 Å². The maximum Gasteiger partial charge on any atom is 0.492 e. The van der Waals surface area contributed by atoms with E-state index in [2.05, 4.69) is 0 Å². The minimum absolute atomic E-state index is 0.0397. The second kappa shape index (κ2) is 7.55. The molecule has 0 aliphatic carbocycles. The Bertz CT molecular complexity index is 976. The molecule has 0 bridgehead atoms. The van der Waals surface area contributed by atoms with Gasteiger partial charge in [-0.1, -0.05) is 26.0 Å². The monoisotopic (exact) mass is 423 g/mol. The number of benzene rings is 2. The Hall–Kier alpha value is -3.23. The number of carbonyl (C=O) groups excluding carboxylic acids is 2. The topological polar surface area (TPSA) is 73.9 Å². The van der Waals surface area contributed by atoms with Crippen molar-refractivity contribution in [1.82, 2.24) is 5.32 Å². The molecule has 1 N–H and O–H groups in total. The van der Waals surface area contributed by atoms with Crippen molar-refractivity contribution in [2.45, 2.75) is 45.7 Å². The van der Waals surface area contributed by atoms with Gasteiger partial charge in [-0.15, -0.1) is 0 Å². The molecular formula is C21H20F3NO5. The highest BCUT2D eigenvalue weighted by molar-refractivity contribution is 5.96. The van der Waals surface area contributed by atoms with Crippen molar-refractivity contribution >= 4 is 11.9 Å². The lowest BCUT2D eigenvalue weighted by Crippen LogP contribution is -2.65. The molecule has 1 heterocycles. The molecule has 30 heavy (non-hydrogen) atoms. The van der Waals surface area contributed by atoms with Gasteiger partial charge < -0.3 is 14.2 Å². The number of hydrogen-bond donors (Lipinski definition) is 1. The van der Waals surface area contributed by atoms with E-state index in [1.807, 2.05) is 0 Å². The highest BCUT2D eigenvalue weighted by atomic mass is 19.4. The summed E-state index contributed by atoms with van der Waals surface area (Å²) in [5, 5.41) is 1.65. The maximum atomic E-state index is 13.7. The standard InChI is InChI=1S/C21H20F3NO5/c1-11(2)14-10-15(13(4)26)12(3)9-18(14)28-19(27)25-21(20(22,23)24)29-16-7-5-6-8-17(16)30-21/h5-11H,1-4H3,(H,25,27). The molecule has 0 unspecified atom stereocenters. The van der Waals surface area contributed by atoms with Crippen LogP contribution in [-0.2, 0) is 0 Å². The molecule has 3 rings (SSSR count). The van der Waals surface area contributed by atoms with Gasteiger partial charge in [-0.05, 0) is 55.2 Å². The largest absolute Gasteiger partial charge is 0.492 e.